The van der Waals surface area contributed by atoms with Gasteiger partial charge in [0, 0.05) is 34.3 Å². The highest BCUT2D eigenvalue weighted by Crippen LogP contribution is 2.39. The van der Waals surface area contributed by atoms with Crippen molar-refractivity contribution in [2.24, 2.45) is 0 Å². The molecule has 2 N–H and O–H groups in total. The number of hydrogen-bond acceptors (Lipinski definition) is 2. The van der Waals surface area contributed by atoms with Crippen LogP contribution in [0.25, 0.3) is 10.9 Å². The second-order valence-electron chi connectivity index (χ2n) is 6.71. The highest BCUT2D eigenvalue weighted by molar-refractivity contribution is 5.87. The van der Waals surface area contributed by atoms with E-state index in [-0.39, 0.29) is 6.04 Å². The normalized spacial score (nSPS) is 15.4. The van der Waals surface area contributed by atoms with Crippen LogP contribution in [0.5, 0.6) is 0 Å². The summed E-state index contributed by atoms with van der Waals surface area (Å²) in [6, 6.07) is 27.1. The van der Waals surface area contributed by atoms with E-state index in [0.717, 1.165) is 23.2 Å². The molecule has 1 aliphatic heterocycles. The fraction of sp³-hybridized carbons (Fsp3) is 0.0870. The number of nitrogens with one attached hydrogen (secondary N) is 2. The number of H-pyrrole nitrogens is 1. The number of nitriles is 1. The van der Waals surface area contributed by atoms with Gasteiger partial charge < -0.3 is 10.3 Å². The number of anilines is 1. The van der Waals surface area contributed by atoms with Crippen molar-refractivity contribution in [1.29, 1.82) is 5.26 Å². The van der Waals surface area contributed by atoms with Crippen LogP contribution in [0.15, 0.2) is 72.8 Å². The number of rotatable bonds is 1. The van der Waals surface area contributed by atoms with Crippen LogP contribution in [0.2, 0.25) is 0 Å². The molecule has 0 bridgehead atoms. The van der Waals surface area contributed by atoms with Crippen molar-refractivity contribution in [2.45, 2.75) is 12.5 Å². The number of aromatic amines is 1. The summed E-state index contributed by atoms with van der Waals surface area (Å²) in [6.07, 6.45) is 0.875. The fourth-order valence-corrected chi connectivity index (χ4v) is 3.92. The third-order valence-corrected chi connectivity index (χ3v) is 5.17. The number of fused-ring (bicyclic) bond motifs is 4. The Morgan fingerprint density at radius 3 is 2.50 bits per heavy atom. The highest BCUT2D eigenvalue weighted by Gasteiger charge is 2.26. The fourth-order valence-electron chi connectivity index (χ4n) is 3.92. The highest BCUT2D eigenvalue weighted by atomic mass is 14.9. The number of benzene rings is 3. The van der Waals surface area contributed by atoms with Gasteiger partial charge in [-0.2, -0.15) is 5.26 Å². The zero-order chi connectivity index (χ0) is 17.5. The predicted octanol–water partition coefficient (Wildman–Crippen LogP) is 5.15. The van der Waals surface area contributed by atoms with Crippen LogP contribution in [-0.2, 0) is 6.42 Å². The summed E-state index contributed by atoms with van der Waals surface area (Å²) in [5.41, 5.74) is 8.00. The third-order valence-electron chi connectivity index (χ3n) is 5.17. The maximum absolute atomic E-state index is 9.11. The van der Waals surface area contributed by atoms with Gasteiger partial charge in [-0.05, 0) is 35.4 Å². The average molecular weight is 335 g/mol. The molecule has 1 aromatic heterocycles. The second-order valence-corrected chi connectivity index (χ2v) is 6.71. The van der Waals surface area contributed by atoms with E-state index in [4.69, 9.17) is 5.26 Å². The van der Waals surface area contributed by atoms with E-state index < -0.39 is 0 Å². The van der Waals surface area contributed by atoms with Gasteiger partial charge in [-0.25, -0.2) is 0 Å². The van der Waals surface area contributed by atoms with Gasteiger partial charge in [-0.3, -0.25) is 0 Å². The van der Waals surface area contributed by atoms with Gasteiger partial charge in [-0.15, -0.1) is 0 Å². The van der Waals surface area contributed by atoms with E-state index in [9.17, 15) is 0 Å². The summed E-state index contributed by atoms with van der Waals surface area (Å²) >= 11 is 0. The minimum atomic E-state index is 0.0394. The lowest BCUT2D eigenvalue weighted by Gasteiger charge is -2.20. The van der Waals surface area contributed by atoms with E-state index in [1.54, 1.807) is 0 Å². The van der Waals surface area contributed by atoms with Crippen LogP contribution in [0.3, 0.4) is 0 Å². The Morgan fingerprint density at radius 1 is 0.885 bits per heavy atom. The summed E-state index contributed by atoms with van der Waals surface area (Å²) in [5, 5.41) is 14.1. The molecular weight excluding hydrogens is 318 g/mol. The van der Waals surface area contributed by atoms with E-state index in [1.807, 2.05) is 12.1 Å². The van der Waals surface area contributed by atoms with Crippen molar-refractivity contribution in [3.8, 4) is 6.07 Å². The van der Waals surface area contributed by atoms with E-state index in [0.29, 0.717) is 5.56 Å². The molecule has 0 amide bonds. The lowest BCUT2D eigenvalue weighted by atomic mass is 9.95. The topological polar surface area (TPSA) is 51.6 Å². The summed E-state index contributed by atoms with van der Waals surface area (Å²) in [4.78, 5) is 3.63. The van der Waals surface area contributed by atoms with Gasteiger partial charge in [0.2, 0.25) is 0 Å². The molecule has 1 atom stereocenters. The van der Waals surface area contributed by atoms with E-state index in [2.05, 4.69) is 77.0 Å². The molecule has 3 aromatic carbocycles. The van der Waals surface area contributed by atoms with Crippen molar-refractivity contribution in [2.75, 3.05) is 5.32 Å². The first-order chi connectivity index (χ1) is 12.8. The Balaban J connectivity index is 1.75. The first-order valence-corrected chi connectivity index (χ1v) is 8.77. The molecule has 1 aliphatic rings. The maximum Gasteiger partial charge on any atom is 0.0991 e. The van der Waals surface area contributed by atoms with Gasteiger partial charge in [0.15, 0.2) is 0 Å². The van der Waals surface area contributed by atoms with Crippen molar-refractivity contribution < 1.29 is 0 Å². The first kappa shape index (κ1) is 14.8. The molecule has 1 unspecified atom stereocenters. The lowest BCUT2D eigenvalue weighted by molar-refractivity contribution is 0.940. The molecule has 2 heterocycles. The molecule has 26 heavy (non-hydrogen) atoms. The smallest absolute Gasteiger partial charge is 0.0991 e. The largest absolute Gasteiger partial charge is 0.374 e. The minimum absolute atomic E-state index is 0.0394. The Bertz CT molecular complexity index is 1150. The molecule has 0 fully saturated rings. The van der Waals surface area contributed by atoms with Crippen LogP contribution in [0.1, 0.15) is 34.0 Å². The molecule has 0 saturated carbocycles. The molecule has 3 heteroatoms. The molecule has 3 nitrogen and oxygen atoms in total. The summed E-state index contributed by atoms with van der Waals surface area (Å²) in [5.74, 6) is 0. The van der Waals surface area contributed by atoms with Crippen LogP contribution in [0, 0.1) is 11.3 Å². The number of aromatic nitrogens is 1. The zero-order valence-corrected chi connectivity index (χ0v) is 14.2. The summed E-state index contributed by atoms with van der Waals surface area (Å²) in [7, 11) is 0. The Labute approximate surface area is 151 Å². The monoisotopic (exact) mass is 335 g/mol. The van der Waals surface area contributed by atoms with Crippen molar-refractivity contribution in [3.63, 3.8) is 0 Å². The molecule has 4 aromatic rings. The number of para-hydroxylation sites is 2. The van der Waals surface area contributed by atoms with E-state index in [1.165, 1.54) is 22.2 Å². The van der Waals surface area contributed by atoms with Crippen molar-refractivity contribution >= 4 is 16.6 Å². The number of hydrogen-bond donors (Lipinski definition) is 2. The standard InChI is InChI=1S/C23H17N3/c24-14-15-9-11-16(12-10-15)23-22-18-6-2-4-8-20(18)25-21(22)13-17-5-1-3-7-19(17)26-23/h1-12,23,25-26H,13H2. The predicted molar refractivity (Wildman–Crippen MR) is 104 cm³/mol. The van der Waals surface area contributed by atoms with Crippen molar-refractivity contribution in [3.05, 3.63) is 101 Å². The quantitative estimate of drug-likeness (QED) is 0.506. The minimum Gasteiger partial charge on any atom is -0.374 e. The SMILES string of the molecule is N#Cc1ccc(C2Nc3ccccc3Cc3[nH]c4ccccc4c32)cc1. The molecule has 5 rings (SSSR count). The van der Waals surface area contributed by atoms with Crippen molar-refractivity contribution in [1.82, 2.24) is 4.98 Å². The van der Waals surface area contributed by atoms with Crippen LogP contribution >= 0.6 is 0 Å². The van der Waals surface area contributed by atoms with Crippen LogP contribution < -0.4 is 5.32 Å². The Hall–Kier alpha value is -3.51. The number of nitrogens with zero attached hydrogens (tertiary/aromatic N) is 1. The molecule has 124 valence electrons. The Morgan fingerprint density at radius 2 is 1.65 bits per heavy atom. The molecule has 0 saturated heterocycles. The third kappa shape index (κ3) is 2.28. The molecule has 0 spiro atoms. The van der Waals surface area contributed by atoms with Gasteiger partial charge >= 0.3 is 0 Å². The molecule has 0 radical (unpaired) electrons. The van der Waals surface area contributed by atoms with Crippen LogP contribution in [-0.4, -0.2) is 4.98 Å². The van der Waals surface area contributed by atoms with E-state index >= 15 is 0 Å². The maximum atomic E-state index is 9.11. The van der Waals surface area contributed by atoms with Gasteiger partial charge in [0.25, 0.3) is 0 Å². The average Bonchev–Trinajstić information content (AvgIpc) is 2.96. The zero-order valence-electron chi connectivity index (χ0n) is 14.2. The first-order valence-electron chi connectivity index (χ1n) is 8.77. The Kier molecular flexibility index (Phi) is 3.29. The molecule has 0 aliphatic carbocycles. The van der Waals surface area contributed by atoms with Gasteiger partial charge in [-0.1, -0.05) is 48.5 Å². The van der Waals surface area contributed by atoms with Gasteiger partial charge in [0.05, 0.1) is 17.7 Å². The summed E-state index contributed by atoms with van der Waals surface area (Å²) in [6.45, 7) is 0. The lowest BCUT2D eigenvalue weighted by Crippen LogP contribution is -2.12. The molecular formula is C23H17N3. The van der Waals surface area contributed by atoms with Crippen LogP contribution in [0.4, 0.5) is 5.69 Å². The van der Waals surface area contributed by atoms with Gasteiger partial charge in [0.1, 0.15) is 0 Å². The second kappa shape index (κ2) is 5.79. The summed E-state index contributed by atoms with van der Waals surface area (Å²) < 4.78 is 0.